The minimum absolute atomic E-state index is 0.103. The Hall–Kier alpha value is -6.41. The molecule has 0 aliphatic carbocycles. The minimum Gasteiger partial charge on any atom is -0.488 e. The molecule has 47 heavy (non-hydrogen) atoms. The first-order chi connectivity index (χ1) is 22.4. The second kappa shape index (κ2) is 15.0. The molecule has 0 radical (unpaired) electrons. The molecule has 1 heterocycles. The van der Waals surface area contributed by atoms with Crippen molar-refractivity contribution in [3.05, 3.63) is 76.7 Å². The molecule has 0 saturated heterocycles. The Kier molecular flexibility index (Phi) is 10.7. The zero-order chi connectivity index (χ0) is 34.1. The fourth-order valence-electron chi connectivity index (χ4n) is 4.71. The number of fused-ring (bicyclic) bond motifs is 1. The van der Waals surface area contributed by atoms with Crippen LogP contribution in [0, 0.1) is 6.92 Å². The number of aliphatic carboxylic acids is 4. The first kappa shape index (κ1) is 33.5. The van der Waals surface area contributed by atoms with E-state index in [9.17, 15) is 39.6 Å². The summed E-state index contributed by atoms with van der Waals surface area (Å²) in [6, 6.07) is 16.2. The van der Waals surface area contributed by atoms with E-state index in [1.165, 1.54) is 6.07 Å². The summed E-state index contributed by atoms with van der Waals surface area (Å²) >= 11 is 0. The molecule has 16 nitrogen and oxygen atoms in total. The number of anilines is 2. The lowest BCUT2D eigenvalue weighted by atomic mass is 10.1. The summed E-state index contributed by atoms with van der Waals surface area (Å²) in [6.45, 7) is -0.931. The Labute approximate surface area is 266 Å². The van der Waals surface area contributed by atoms with Crippen molar-refractivity contribution >= 4 is 51.9 Å². The summed E-state index contributed by atoms with van der Waals surface area (Å²) in [5, 5.41) is 41.7. The molecule has 244 valence electrons. The number of carboxylic acids is 4. The van der Waals surface area contributed by atoms with Gasteiger partial charge in [0.2, 0.25) is 0 Å². The van der Waals surface area contributed by atoms with E-state index >= 15 is 0 Å². The lowest BCUT2D eigenvalue weighted by molar-refractivity contribution is -0.138. The lowest BCUT2D eigenvalue weighted by Crippen LogP contribution is -2.35. The molecule has 0 saturated carbocycles. The quantitative estimate of drug-likeness (QED) is 0.0524. The average Bonchev–Trinajstić information content (AvgIpc) is 3.41. The normalized spacial score (nSPS) is 10.6. The number of nitrogens with zero attached hydrogens (tertiary/aromatic N) is 5. The van der Waals surface area contributed by atoms with E-state index in [0.717, 1.165) is 15.4 Å². The van der Waals surface area contributed by atoms with Gasteiger partial charge in [0, 0.05) is 27.6 Å². The van der Waals surface area contributed by atoms with Gasteiger partial charge in [0.05, 0.1) is 11.4 Å². The van der Waals surface area contributed by atoms with Gasteiger partial charge in [0.1, 0.15) is 62.2 Å². The molecule has 3 aromatic carbocycles. The van der Waals surface area contributed by atoms with Gasteiger partial charge in [0.25, 0.3) is 0 Å². The van der Waals surface area contributed by atoms with Crippen LogP contribution >= 0.6 is 0 Å². The van der Waals surface area contributed by atoms with E-state index in [4.69, 9.17) is 19.4 Å². The molecular formula is C31H29N5O11. The fraction of sp³-hybridized carbons (Fsp3) is 0.226. The van der Waals surface area contributed by atoms with Crippen molar-refractivity contribution in [2.75, 3.05) is 49.2 Å². The number of ether oxygens (including phenoxy) is 2. The summed E-state index contributed by atoms with van der Waals surface area (Å²) in [5.41, 5.74) is 11.2. The number of carboxylic acid groups (broad SMARTS) is 4. The van der Waals surface area contributed by atoms with Gasteiger partial charge >= 0.3 is 23.9 Å². The van der Waals surface area contributed by atoms with E-state index in [-0.39, 0.29) is 36.1 Å². The molecule has 0 unspecified atom stereocenters. The van der Waals surface area contributed by atoms with Gasteiger partial charge in [-0.1, -0.05) is 35.4 Å². The van der Waals surface area contributed by atoms with Crippen molar-refractivity contribution in [2.24, 2.45) is 5.11 Å². The molecule has 1 aromatic heterocycles. The van der Waals surface area contributed by atoms with E-state index in [0.29, 0.717) is 28.0 Å². The lowest BCUT2D eigenvalue weighted by Gasteiger charge is -2.25. The van der Waals surface area contributed by atoms with Crippen LogP contribution < -0.4 is 19.3 Å². The summed E-state index contributed by atoms with van der Waals surface area (Å²) < 4.78 is 17.9. The Morgan fingerprint density at radius 2 is 1.28 bits per heavy atom. The van der Waals surface area contributed by atoms with E-state index in [1.807, 2.05) is 0 Å². The summed E-state index contributed by atoms with van der Waals surface area (Å²) in [6.07, 6.45) is 0. The molecule has 0 aliphatic heterocycles. The standard InChI is InChI=1S/C31H29N5O11/c1-18-2-7-22(35(14-28(37)38)15-29(39)40)26(10-18)45-8-9-46-27-12-20-11-24(19-3-5-21(6-4-19)33-34-32)47-25(20)13-23(27)36(16-30(41)42)17-31(43)44/h2-7,10-13H,8-9,14-17H2,1H3,(H,37,38)(H,39,40)(H,41,42)(H,43,44). The third kappa shape index (κ3) is 9.06. The molecule has 0 atom stereocenters. The van der Waals surface area contributed by atoms with Crippen molar-refractivity contribution in [3.63, 3.8) is 0 Å². The maximum absolute atomic E-state index is 11.6. The zero-order valence-corrected chi connectivity index (χ0v) is 24.9. The molecule has 4 N–H and O–H groups in total. The van der Waals surface area contributed by atoms with Crippen LogP contribution in [0.25, 0.3) is 32.7 Å². The number of hydrogen-bond acceptors (Lipinski definition) is 10. The highest BCUT2D eigenvalue weighted by Crippen LogP contribution is 2.38. The van der Waals surface area contributed by atoms with Crippen LogP contribution in [0.4, 0.5) is 17.1 Å². The highest BCUT2D eigenvalue weighted by Gasteiger charge is 2.22. The van der Waals surface area contributed by atoms with Crippen LogP contribution in [0.3, 0.4) is 0 Å². The summed E-state index contributed by atoms with van der Waals surface area (Å²) in [7, 11) is 0. The highest BCUT2D eigenvalue weighted by molar-refractivity contribution is 5.91. The Balaban J connectivity index is 1.63. The number of carbonyl (C=O) groups is 4. The second-order valence-electron chi connectivity index (χ2n) is 10.2. The fourth-order valence-corrected chi connectivity index (χ4v) is 4.71. The van der Waals surface area contributed by atoms with Gasteiger partial charge < -0.3 is 44.1 Å². The van der Waals surface area contributed by atoms with Crippen molar-refractivity contribution in [1.29, 1.82) is 0 Å². The SMILES string of the molecule is Cc1ccc(N(CC(=O)O)CC(=O)O)c(OCCOc2cc3cc(-c4ccc(N=[N+]=[N-])cc4)oc3cc2N(CC(=O)O)CC(=O)O)c1. The summed E-state index contributed by atoms with van der Waals surface area (Å²) in [5.74, 6) is -4.23. The Morgan fingerprint density at radius 3 is 1.81 bits per heavy atom. The third-order valence-corrected chi connectivity index (χ3v) is 6.61. The number of furan rings is 1. The Bertz CT molecular complexity index is 1820. The molecule has 0 spiro atoms. The largest absolute Gasteiger partial charge is 0.488 e. The van der Waals surface area contributed by atoms with Crippen LogP contribution in [-0.4, -0.2) is 83.7 Å². The smallest absolute Gasteiger partial charge is 0.323 e. The second-order valence-corrected chi connectivity index (χ2v) is 10.2. The first-order valence-electron chi connectivity index (χ1n) is 13.9. The van der Waals surface area contributed by atoms with Gasteiger partial charge in [0.15, 0.2) is 0 Å². The number of azide groups is 1. The molecule has 16 heteroatoms. The van der Waals surface area contributed by atoms with Gasteiger partial charge in [-0.05, 0) is 42.3 Å². The zero-order valence-electron chi connectivity index (χ0n) is 24.9. The van der Waals surface area contributed by atoms with Gasteiger partial charge in [-0.25, -0.2) is 0 Å². The number of aryl methyl sites for hydroxylation is 1. The molecule has 0 aliphatic rings. The van der Waals surface area contributed by atoms with Crippen molar-refractivity contribution in [2.45, 2.75) is 6.92 Å². The predicted octanol–water partition coefficient (Wildman–Crippen LogP) is 4.76. The van der Waals surface area contributed by atoms with Crippen LogP contribution in [0.2, 0.25) is 0 Å². The van der Waals surface area contributed by atoms with E-state index < -0.39 is 50.1 Å². The molecule has 4 rings (SSSR count). The van der Waals surface area contributed by atoms with Gasteiger partial charge in [-0.3, -0.25) is 19.2 Å². The number of hydrogen-bond donors (Lipinski definition) is 4. The first-order valence-corrected chi connectivity index (χ1v) is 13.9. The Morgan fingerprint density at radius 1 is 0.745 bits per heavy atom. The monoisotopic (exact) mass is 647 g/mol. The number of benzene rings is 3. The van der Waals surface area contributed by atoms with Gasteiger partial charge in [-0.2, -0.15) is 0 Å². The van der Waals surface area contributed by atoms with Crippen LogP contribution in [-0.2, 0) is 19.2 Å². The van der Waals surface area contributed by atoms with Crippen molar-refractivity contribution in [3.8, 4) is 22.8 Å². The highest BCUT2D eigenvalue weighted by atomic mass is 16.5. The van der Waals surface area contributed by atoms with Crippen LogP contribution in [0.5, 0.6) is 11.5 Å². The maximum atomic E-state index is 11.6. The van der Waals surface area contributed by atoms with E-state index in [1.54, 1.807) is 61.5 Å². The minimum atomic E-state index is -1.28. The molecular weight excluding hydrogens is 618 g/mol. The van der Waals surface area contributed by atoms with Crippen LogP contribution in [0.1, 0.15) is 5.56 Å². The predicted molar refractivity (Wildman–Crippen MR) is 168 cm³/mol. The third-order valence-electron chi connectivity index (χ3n) is 6.61. The number of rotatable bonds is 17. The van der Waals surface area contributed by atoms with Crippen molar-refractivity contribution < 1.29 is 53.5 Å². The maximum Gasteiger partial charge on any atom is 0.323 e. The summed E-state index contributed by atoms with van der Waals surface area (Å²) in [4.78, 5) is 51.1. The molecule has 4 aromatic rings. The van der Waals surface area contributed by atoms with Gasteiger partial charge in [-0.15, -0.1) is 0 Å². The van der Waals surface area contributed by atoms with Crippen molar-refractivity contribution in [1.82, 2.24) is 0 Å². The molecule has 0 fully saturated rings. The average molecular weight is 648 g/mol. The molecule has 0 bridgehead atoms. The topological polar surface area (TPSA) is 236 Å². The van der Waals surface area contributed by atoms with E-state index in [2.05, 4.69) is 10.0 Å². The molecule has 0 amide bonds. The van der Waals surface area contributed by atoms with Crippen LogP contribution in [0.15, 0.2) is 70.2 Å².